The average Bonchev–Trinajstić information content (AvgIpc) is 3.23. The Hall–Kier alpha value is -2.24. The molecule has 2 spiro atoms. The number of halogens is 1. The van der Waals surface area contributed by atoms with Gasteiger partial charge in [0, 0.05) is 36.0 Å². The van der Waals surface area contributed by atoms with Crippen LogP contribution in [0.3, 0.4) is 0 Å². The average molecular weight is 439 g/mol. The molecule has 1 aromatic heterocycles. The number of aliphatic imine (C=N–C) groups is 2. The zero-order valence-electron chi connectivity index (χ0n) is 17.5. The summed E-state index contributed by atoms with van der Waals surface area (Å²) < 4.78 is 5.66. The normalized spacial score (nSPS) is 28.9. The van der Waals surface area contributed by atoms with Gasteiger partial charge in [0.2, 0.25) is 0 Å². The molecule has 164 valence electrons. The Bertz CT molecular complexity index is 1060. The number of methoxy groups -OCH3 is 1. The molecule has 2 heterocycles. The molecule has 1 aromatic carbocycles. The van der Waals surface area contributed by atoms with Crippen LogP contribution in [0.2, 0.25) is 5.02 Å². The van der Waals surface area contributed by atoms with Crippen molar-refractivity contribution in [2.24, 2.45) is 21.1 Å². The topological polar surface area (TPSA) is 72.9 Å². The summed E-state index contributed by atoms with van der Waals surface area (Å²) in [7, 11) is 1.81. The number of rotatable bonds is 3. The summed E-state index contributed by atoms with van der Waals surface area (Å²) in [6, 6.07) is 8.57. The van der Waals surface area contributed by atoms with E-state index in [0.29, 0.717) is 17.0 Å². The van der Waals surface area contributed by atoms with E-state index in [0.717, 1.165) is 55.4 Å². The third kappa shape index (κ3) is 3.30. The highest BCUT2D eigenvalue weighted by atomic mass is 35.5. The van der Waals surface area contributed by atoms with Crippen LogP contribution < -0.4 is 5.73 Å². The fraction of sp³-hybridized carbons (Fsp3) is 0.480. The molecule has 0 bridgehead atoms. The molecule has 2 aromatic rings. The first kappa shape index (κ1) is 22.0. The smallest absolute Gasteiger partial charge is 0.184 e. The lowest BCUT2D eigenvalue weighted by molar-refractivity contribution is -0.000389. The van der Waals surface area contributed by atoms with Gasteiger partial charge < -0.3 is 10.5 Å². The molecular weight excluding hydrogens is 408 g/mol. The molecule has 0 amide bonds. The Morgan fingerprint density at radius 1 is 1.13 bits per heavy atom. The number of benzene rings is 1. The summed E-state index contributed by atoms with van der Waals surface area (Å²) >= 11 is 6.20. The Morgan fingerprint density at radius 2 is 1.90 bits per heavy atom. The summed E-state index contributed by atoms with van der Waals surface area (Å²) in [4.78, 5) is 14.6. The molecule has 1 unspecified atom stereocenters. The van der Waals surface area contributed by atoms with Gasteiger partial charge in [-0.15, -0.1) is 0 Å². The highest BCUT2D eigenvalue weighted by Crippen LogP contribution is 2.62. The molecule has 0 radical (unpaired) electrons. The highest BCUT2D eigenvalue weighted by molar-refractivity contribution is 6.42. The van der Waals surface area contributed by atoms with Crippen LogP contribution in [0.1, 0.15) is 57.6 Å². The number of fused-ring (bicyclic) bond motifs is 3. The predicted molar refractivity (Wildman–Crippen MR) is 128 cm³/mol. The van der Waals surface area contributed by atoms with Gasteiger partial charge >= 0.3 is 0 Å². The fourth-order valence-corrected chi connectivity index (χ4v) is 5.79. The van der Waals surface area contributed by atoms with E-state index in [4.69, 9.17) is 32.1 Å². The number of hydrogen-bond donors (Lipinski definition) is 1. The van der Waals surface area contributed by atoms with Crippen molar-refractivity contribution in [1.29, 1.82) is 0 Å². The third-order valence-corrected chi connectivity index (χ3v) is 7.43. The maximum absolute atomic E-state index is 6.38. The zero-order valence-corrected chi connectivity index (χ0v) is 18.2. The molecule has 0 saturated heterocycles. The largest absolute Gasteiger partial charge is 0.382 e. The van der Waals surface area contributed by atoms with E-state index in [9.17, 15) is 0 Å². The van der Waals surface area contributed by atoms with Gasteiger partial charge in [0.15, 0.2) is 5.66 Å². The Labute approximate surface area is 189 Å². The van der Waals surface area contributed by atoms with E-state index < -0.39 is 5.66 Å². The van der Waals surface area contributed by atoms with Crippen molar-refractivity contribution in [3.05, 3.63) is 52.8 Å². The van der Waals surface area contributed by atoms with E-state index in [-0.39, 0.29) is 12.8 Å². The molecule has 1 aliphatic heterocycles. The summed E-state index contributed by atoms with van der Waals surface area (Å²) in [6.45, 7) is 2.10. The summed E-state index contributed by atoms with van der Waals surface area (Å²) in [5, 5.41) is 0.631. The maximum Gasteiger partial charge on any atom is 0.184 e. The van der Waals surface area contributed by atoms with Gasteiger partial charge in [-0.2, -0.15) is 0 Å². The van der Waals surface area contributed by atoms with Crippen LogP contribution in [0.15, 0.2) is 46.6 Å². The van der Waals surface area contributed by atoms with Crippen LogP contribution in [0.25, 0.3) is 11.1 Å². The lowest BCUT2D eigenvalue weighted by Gasteiger charge is -2.44. The van der Waals surface area contributed by atoms with Crippen LogP contribution in [0.4, 0.5) is 0 Å². The van der Waals surface area contributed by atoms with Crippen LogP contribution in [0.5, 0.6) is 0 Å². The van der Waals surface area contributed by atoms with Gasteiger partial charge in [0.1, 0.15) is 5.84 Å². The second-order valence-corrected chi connectivity index (χ2v) is 9.17. The molecule has 5 nitrogen and oxygen atoms in total. The third-order valence-electron chi connectivity index (χ3n) is 7.22. The molecule has 2 N–H and O–H groups in total. The number of hydrogen-bond acceptors (Lipinski definition) is 5. The van der Waals surface area contributed by atoms with E-state index in [1.165, 1.54) is 11.1 Å². The Morgan fingerprint density at radius 3 is 2.55 bits per heavy atom. The second kappa shape index (κ2) is 8.03. The van der Waals surface area contributed by atoms with Crippen LogP contribution in [-0.4, -0.2) is 29.7 Å². The Balaban J connectivity index is 0.00000231. The van der Waals surface area contributed by atoms with Crippen LogP contribution >= 0.6 is 11.6 Å². The van der Waals surface area contributed by atoms with Gasteiger partial charge in [-0.1, -0.05) is 38.1 Å². The van der Waals surface area contributed by atoms with Gasteiger partial charge in [-0.05, 0) is 61.8 Å². The minimum Gasteiger partial charge on any atom is -0.382 e. The standard InChI is InChI=1S/C24H27ClN4O.CH4/c1-3-21-22(26)29-24(28-21)20-11-15(17-10-18(25)14-27-13-17)4-5-16(20)12-23(24)8-6-19(30-2)7-9-23;/h4-5,10-11,13-14,19H,3,6-9,12H2,1-2H3,(H2,26,29);1H4. The second-order valence-electron chi connectivity index (χ2n) is 8.74. The highest BCUT2D eigenvalue weighted by Gasteiger charge is 2.60. The van der Waals surface area contributed by atoms with Crippen molar-refractivity contribution in [1.82, 2.24) is 4.98 Å². The molecule has 1 atom stereocenters. The molecule has 6 heteroatoms. The molecule has 1 saturated carbocycles. The first-order valence-corrected chi connectivity index (χ1v) is 11.1. The number of ether oxygens (including phenoxy) is 1. The number of pyridine rings is 1. The molecular formula is C25H31ClN4O. The van der Waals surface area contributed by atoms with Crippen LogP contribution in [-0.2, 0) is 16.8 Å². The van der Waals surface area contributed by atoms with Crippen molar-refractivity contribution in [2.45, 2.75) is 64.6 Å². The summed E-state index contributed by atoms with van der Waals surface area (Å²) in [6.07, 6.45) is 9.72. The van der Waals surface area contributed by atoms with Crippen molar-refractivity contribution in [3.8, 4) is 11.1 Å². The van der Waals surface area contributed by atoms with Gasteiger partial charge in [0.05, 0.1) is 16.8 Å². The predicted octanol–water partition coefficient (Wildman–Crippen LogP) is 5.54. The van der Waals surface area contributed by atoms with Crippen molar-refractivity contribution < 1.29 is 4.74 Å². The SMILES string of the molecule is C.CCC1=NC2(N=C1N)c1cc(-c3cncc(Cl)c3)ccc1CC21CCC(OC)CC1. The quantitative estimate of drug-likeness (QED) is 0.683. The zero-order chi connectivity index (χ0) is 20.9. The summed E-state index contributed by atoms with van der Waals surface area (Å²) in [5.41, 5.74) is 11.2. The van der Waals surface area contributed by atoms with E-state index >= 15 is 0 Å². The monoisotopic (exact) mass is 438 g/mol. The van der Waals surface area contributed by atoms with E-state index in [2.05, 4.69) is 30.1 Å². The minimum atomic E-state index is -0.627. The number of nitrogens with two attached hydrogens (primary N) is 1. The molecule has 2 aliphatic carbocycles. The molecule has 5 rings (SSSR count). The van der Waals surface area contributed by atoms with Gasteiger partial charge in [0.25, 0.3) is 0 Å². The van der Waals surface area contributed by atoms with Crippen molar-refractivity contribution in [3.63, 3.8) is 0 Å². The lowest BCUT2D eigenvalue weighted by atomic mass is 9.65. The van der Waals surface area contributed by atoms with Gasteiger partial charge in [-0.3, -0.25) is 9.98 Å². The Kier molecular flexibility index (Phi) is 5.69. The summed E-state index contributed by atoms with van der Waals surface area (Å²) in [5.74, 6) is 0.591. The van der Waals surface area contributed by atoms with Crippen LogP contribution in [0, 0.1) is 5.41 Å². The first-order valence-electron chi connectivity index (χ1n) is 10.7. The molecule has 3 aliphatic rings. The van der Waals surface area contributed by atoms with E-state index in [1.807, 2.05) is 19.4 Å². The number of amidine groups is 1. The molecule has 1 fully saturated rings. The number of nitrogens with zero attached hydrogens (tertiary/aromatic N) is 3. The van der Waals surface area contributed by atoms with Gasteiger partial charge in [-0.25, -0.2) is 4.99 Å². The fourth-order valence-electron chi connectivity index (χ4n) is 5.62. The molecule has 31 heavy (non-hydrogen) atoms. The number of aromatic nitrogens is 1. The van der Waals surface area contributed by atoms with E-state index in [1.54, 1.807) is 6.20 Å². The lowest BCUT2D eigenvalue weighted by Crippen LogP contribution is -2.43. The van der Waals surface area contributed by atoms with Crippen molar-refractivity contribution >= 4 is 23.1 Å². The first-order chi connectivity index (χ1) is 14.5. The van der Waals surface area contributed by atoms with Crippen molar-refractivity contribution in [2.75, 3.05) is 7.11 Å². The maximum atomic E-state index is 6.38. The minimum absolute atomic E-state index is 0.